The molecule has 1 aliphatic rings. The topological polar surface area (TPSA) is 32.1 Å². The second-order valence-corrected chi connectivity index (χ2v) is 5.80. The van der Waals surface area contributed by atoms with E-state index in [1.807, 2.05) is 0 Å². The van der Waals surface area contributed by atoms with Gasteiger partial charge in [0.2, 0.25) is 0 Å². The van der Waals surface area contributed by atoms with Gasteiger partial charge in [-0.25, -0.2) is 0 Å². The predicted molar refractivity (Wildman–Crippen MR) is 83.3 cm³/mol. The smallest absolute Gasteiger partial charge is 0.125 e. The lowest BCUT2D eigenvalue weighted by atomic mass is 10.1. The van der Waals surface area contributed by atoms with E-state index in [0.717, 1.165) is 45.2 Å². The van der Waals surface area contributed by atoms with Gasteiger partial charge >= 0.3 is 0 Å². The lowest BCUT2D eigenvalue weighted by molar-refractivity contribution is -0.908. The van der Waals surface area contributed by atoms with Crippen molar-refractivity contribution in [3.05, 3.63) is 28.8 Å². The SMILES string of the molecule is Cc1cc(C)c(OCCOCC[NH+]2CCOCC2)c(C)c1. The van der Waals surface area contributed by atoms with Crippen molar-refractivity contribution in [2.24, 2.45) is 0 Å². The normalized spacial score (nSPS) is 16.1. The maximum atomic E-state index is 5.86. The highest BCUT2D eigenvalue weighted by atomic mass is 16.5. The standard InChI is InChI=1S/C17H27NO3/c1-14-12-15(2)17(16(3)13-14)21-11-10-20-9-6-18-4-7-19-8-5-18/h12-13H,4-11H2,1-3H3/p+1. The maximum absolute atomic E-state index is 5.86. The van der Waals surface area contributed by atoms with Gasteiger partial charge < -0.3 is 19.1 Å². The van der Waals surface area contributed by atoms with Crippen LogP contribution in [0, 0.1) is 20.8 Å². The lowest BCUT2D eigenvalue weighted by Gasteiger charge is -2.23. The van der Waals surface area contributed by atoms with Crippen molar-refractivity contribution < 1.29 is 19.1 Å². The summed E-state index contributed by atoms with van der Waals surface area (Å²) in [7, 11) is 0. The van der Waals surface area contributed by atoms with E-state index in [9.17, 15) is 0 Å². The number of rotatable bonds is 7. The Kier molecular flexibility index (Phi) is 6.49. The highest BCUT2D eigenvalue weighted by molar-refractivity contribution is 5.42. The molecule has 1 heterocycles. The third-order valence-corrected chi connectivity index (χ3v) is 3.88. The minimum Gasteiger partial charge on any atom is -0.491 e. The van der Waals surface area contributed by atoms with Crippen LogP contribution in [0.15, 0.2) is 12.1 Å². The molecule has 21 heavy (non-hydrogen) atoms. The summed E-state index contributed by atoms with van der Waals surface area (Å²) in [6.07, 6.45) is 0. The highest BCUT2D eigenvalue weighted by Crippen LogP contribution is 2.24. The molecule has 1 aromatic rings. The Morgan fingerprint density at radius 2 is 1.67 bits per heavy atom. The molecule has 118 valence electrons. The van der Waals surface area contributed by atoms with Crippen LogP contribution in [0.1, 0.15) is 16.7 Å². The van der Waals surface area contributed by atoms with Crippen LogP contribution < -0.4 is 9.64 Å². The zero-order chi connectivity index (χ0) is 15.1. The molecule has 0 atom stereocenters. The minimum atomic E-state index is 0.614. The molecule has 1 aromatic carbocycles. The number of morpholine rings is 1. The molecular weight excluding hydrogens is 266 g/mol. The quantitative estimate of drug-likeness (QED) is 0.759. The van der Waals surface area contributed by atoms with Gasteiger partial charge in [-0.2, -0.15) is 0 Å². The Bertz CT molecular complexity index is 419. The van der Waals surface area contributed by atoms with Gasteiger partial charge in [0.25, 0.3) is 0 Å². The van der Waals surface area contributed by atoms with Gasteiger partial charge in [0, 0.05) is 0 Å². The highest BCUT2D eigenvalue weighted by Gasteiger charge is 2.12. The first-order chi connectivity index (χ1) is 10.2. The zero-order valence-electron chi connectivity index (χ0n) is 13.5. The van der Waals surface area contributed by atoms with Crippen molar-refractivity contribution in [2.75, 3.05) is 52.7 Å². The average Bonchev–Trinajstić information content (AvgIpc) is 2.45. The van der Waals surface area contributed by atoms with Gasteiger partial charge in [-0.1, -0.05) is 17.7 Å². The van der Waals surface area contributed by atoms with E-state index in [0.29, 0.717) is 13.2 Å². The van der Waals surface area contributed by atoms with Crippen LogP contribution in [0.2, 0.25) is 0 Å². The summed E-state index contributed by atoms with van der Waals surface area (Å²) in [5.74, 6) is 1.00. The lowest BCUT2D eigenvalue weighted by Crippen LogP contribution is -3.14. The first-order valence-electron chi connectivity index (χ1n) is 7.86. The fraction of sp³-hybridized carbons (Fsp3) is 0.647. The van der Waals surface area contributed by atoms with Crippen LogP contribution in [0.5, 0.6) is 5.75 Å². The van der Waals surface area contributed by atoms with E-state index in [1.54, 1.807) is 4.90 Å². The maximum Gasteiger partial charge on any atom is 0.125 e. The molecule has 0 amide bonds. The number of hydrogen-bond donors (Lipinski definition) is 1. The van der Waals surface area contributed by atoms with E-state index in [-0.39, 0.29) is 0 Å². The Labute approximate surface area is 128 Å². The summed E-state index contributed by atoms with van der Waals surface area (Å²) in [6, 6.07) is 4.32. The monoisotopic (exact) mass is 294 g/mol. The van der Waals surface area contributed by atoms with E-state index < -0.39 is 0 Å². The Morgan fingerprint density at radius 1 is 1.00 bits per heavy atom. The molecule has 0 spiro atoms. The number of quaternary nitrogens is 1. The number of ether oxygens (including phenoxy) is 3. The van der Waals surface area contributed by atoms with Crippen LogP contribution in [-0.2, 0) is 9.47 Å². The molecule has 1 aliphatic heterocycles. The fourth-order valence-corrected chi connectivity index (χ4v) is 2.83. The second kappa shape index (κ2) is 8.37. The Morgan fingerprint density at radius 3 is 2.33 bits per heavy atom. The summed E-state index contributed by atoms with van der Waals surface area (Å²) in [5, 5.41) is 0. The third kappa shape index (κ3) is 5.30. The Balaban J connectivity index is 1.61. The van der Waals surface area contributed by atoms with E-state index in [1.165, 1.54) is 16.7 Å². The first-order valence-corrected chi connectivity index (χ1v) is 7.86. The molecule has 1 N–H and O–H groups in total. The molecule has 1 fully saturated rings. The van der Waals surface area contributed by atoms with E-state index in [4.69, 9.17) is 14.2 Å². The van der Waals surface area contributed by atoms with Crippen molar-refractivity contribution >= 4 is 0 Å². The van der Waals surface area contributed by atoms with Crippen molar-refractivity contribution in [3.63, 3.8) is 0 Å². The molecule has 0 bridgehead atoms. The molecule has 4 heteroatoms. The van der Waals surface area contributed by atoms with Gasteiger partial charge in [0.1, 0.15) is 32.0 Å². The van der Waals surface area contributed by atoms with Gasteiger partial charge in [0.15, 0.2) is 0 Å². The molecule has 0 unspecified atom stereocenters. The zero-order valence-corrected chi connectivity index (χ0v) is 13.5. The van der Waals surface area contributed by atoms with Crippen molar-refractivity contribution in [1.82, 2.24) is 0 Å². The molecule has 0 aromatic heterocycles. The van der Waals surface area contributed by atoms with Gasteiger partial charge in [-0.05, 0) is 31.9 Å². The molecule has 0 radical (unpaired) electrons. The fourth-order valence-electron chi connectivity index (χ4n) is 2.83. The van der Waals surface area contributed by atoms with Crippen LogP contribution in [0.4, 0.5) is 0 Å². The van der Waals surface area contributed by atoms with E-state index in [2.05, 4.69) is 32.9 Å². The third-order valence-electron chi connectivity index (χ3n) is 3.88. The summed E-state index contributed by atoms with van der Waals surface area (Å²) in [5.41, 5.74) is 3.68. The van der Waals surface area contributed by atoms with Crippen molar-refractivity contribution in [3.8, 4) is 5.75 Å². The van der Waals surface area contributed by atoms with Gasteiger partial charge in [0.05, 0.1) is 26.4 Å². The van der Waals surface area contributed by atoms with Crippen molar-refractivity contribution in [1.29, 1.82) is 0 Å². The molecule has 0 saturated carbocycles. The first kappa shape index (κ1) is 16.3. The number of nitrogens with one attached hydrogen (secondary N) is 1. The molecule has 0 aliphatic carbocycles. The van der Waals surface area contributed by atoms with Crippen LogP contribution >= 0.6 is 0 Å². The van der Waals surface area contributed by atoms with Crippen LogP contribution in [0.25, 0.3) is 0 Å². The Hall–Kier alpha value is -1.10. The molecular formula is C17H28NO3+. The van der Waals surface area contributed by atoms with Crippen LogP contribution in [-0.4, -0.2) is 52.7 Å². The second-order valence-electron chi connectivity index (χ2n) is 5.80. The summed E-state index contributed by atoms with van der Waals surface area (Å²) < 4.78 is 16.9. The number of hydrogen-bond acceptors (Lipinski definition) is 3. The molecule has 2 rings (SSSR count). The summed E-state index contributed by atoms with van der Waals surface area (Å²) in [4.78, 5) is 1.58. The van der Waals surface area contributed by atoms with E-state index >= 15 is 0 Å². The number of benzene rings is 1. The van der Waals surface area contributed by atoms with Gasteiger partial charge in [-0.15, -0.1) is 0 Å². The molecule has 1 saturated heterocycles. The molecule has 4 nitrogen and oxygen atoms in total. The largest absolute Gasteiger partial charge is 0.491 e. The number of aryl methyl sites for hydroxylation is 3. The van der Waals surface area contributed by atoms with Crippen molar-refractivity contribution in [2.45, 2.75) is 20.8 Å². The summed E-state index contributed by atoms with van der Waals surface area (Å²) >= 11 is 0. The van der Waals surface area contributed by atoms with Crippen LogP contribution in [0.3, 0.4) is 0 Å². The average molecular weight is 294 g/mol. The minimum absolute atomic E-state index is 0.614. The summed E-state index contributed by atoms with van der Waals surface area (Å²) in [6.45, 7) is 13.4. The predicted octanol–water partition coefficient (Wildman–Crippen LogP) is 0.922. The van der Waals surface area contributed by atoms with Gasteiger partial charge in [-0.3, -0.25) is 0 Å².